The lowest BCUT2D eigenvalue weighted by atomic mass is 10.1. The lowest BCUT2D eigenvalue weighted by Crippen LogP contribution is -1.89. The van der Waals surface area contributed by atoms with E-state index in [1.807, 2.05) is 36.4 Å². The van der Waals surface area contributed by atoms with E-state index in [-0.39, 0.29) is 6.42 Å². The molecule has 0 aliphatic rings. The Balaban J connectivity index is 2.10. The molecule has 0 amide bonds. The van der Waals surface area contributed by atoms with Crippen molar-refractivity contribution in [1.82, 2.24) is 4.98 Å². The van der Waals surface area contributed by atoms with Gasteiger partial charge >= 0.3 is 5.97 Å². The molecule has 20 heavy (non-hydrogen) atoms. The minimum absolute atomic E-state index is 0.0319. The zero-order valence-corrected chi connectivity index (χ0v) is 11.1. The first-order valence-corrected chi connectivity index (χ1v) is 6.18. The second-order valence-corrected chi connectivity index (χ2v) is 4.21. The van der Waals surface area contributed by atoms with Crippen LogP contribution in [0.25, 0.3) is 17.2 Å². The topological polar surface area (TPSA) is 59.4 Å². The Morgan fingerprint density at radius 1 is 1.20 bits per heavy atom. The zero-order chi connectivity index (χ0) is 14.4. The van der Waals surface area contributed by atoms with Gasteiger partial charge in [-0.1, -0.05) is 36.4 Å². The van der Waals surface area contributed by atoms with Crippen molar-refractivity contribution < 1.29 is 14.6 Å². The smallest absolute Gasteiger partial charge is 0.307 e. The van der Waals surface area contributed by atoms with Crippen molar-refractivity contribution in [2.24, 2.45) is 0 Å². The number of benzene rings is 1. The minimum Gasteiger partial charge on any atom is -0.481 e. The van der Waals surface area contributed by atoms with Crippen LogP contribution in [0.5, 0.6) is 5.88 Å². The summed E-state index contributed by atoms with van der Waals surface area (Å²) >= 11 is 0. The summed E-state index contributed by atoms with van der Waals surface area (Å²) in [6.07, 6.45) is 5.22. The Hall–Kier alpha value is -2.62. The largest absolute Gasteiger partial charge is 0.481 e. The van der Waals surface area contributed by atoms with Gasteiger partial charge in [0.1, 0.15) is 0 Å². The maximum atomic E-state index is 10.4. The van der Waals surface area contributed by atoms with Crippen LogP contribution in [-0.2, 0) is 4.79 Å². The van der Waals surface area contributed by atoms with Crippen LogP contribution < -0.4 is 4.74 Å². The van der Waals surface area contributed by atoms with Gasteiger partial charge in [0.25, 0.3) is 0 Å². The highest BCUT2D eigenvalue weighted by molar-refractivity contribution is 5.71. The molecule has 0 saturated heterocycles. The van der Waals surface area contributed by atoms with Gasteiger partial charge in [-0.2, -0.15) is 0 Å². The molecule has 4 heteroatoms. The third-order valence-corrected chi connectivity index (χ3v) is 2.79. The molecule has 1 N–H and O–H groups in total. The number of carboxylic acid groups (broad SMARTS) is 1. The molecule has 0 radical (unpaired) electrons. The van der Waals surface area contributed by atoms with Crippen LogP contribution in [0.1, 0.15) is 12.0 Å². The number of methoxy groups -OCH3 is 1. The second kappa shape index (κ2) is 6.52. The van der Waals surface area contributed by atoms with Gasteiger partial charge in [-0.25, -0.2) is 4.98 Å². The van der Waals surface area contributed by atoms with Gasteiger partial charge in [-0.15, -0.1) is 0 Å². The first kappa shape index (κ1) is 13.8. The molecule has 1 heterocycles. The van der Waals surface area contributed by atoms with E-state index in [2.05, 4.69) is 4.98 Å². The average Bonchev–Trinajstić information content (AvgIpc) is 2.48. The van der Waals surface area contributed by atoms with Crippen molar-refractivity contribution in [3.8, 4) is 17.0 Å². The summed E-state index contributed by atoms with van der Waals surface area (Å²) in [7, 11) is 1.58. The van der Waals surface area contributed by atoms with Crippen molar-refractivity contribution in [2.45, 2.75) is 6.42 Å². The number of ether oxygens (including phenoxy) is 1. The van der Waals surface area contributed by atoms with E-state index in [1.54, 1.807) is 25.5 Å². The molecule has 102 valence electrons. The van der Waals surface area contributed by atoms with Crippen molar-refractivity contribution in [2.75, 3.05) is 7.11 Å². The van der Waals surface area contributed by atoms with Gasteiger partial charge in [0.15, 0.2) is 0 Å². The predicted octanol–water partition coefficient (Wildman–Crippen LogP) is 3.25. The molecule has 2 aromatic rings. The fourth-order valence-electron chi connectivity index (χ4n) is 1.75. The SMILES string of the molecule is COc1ccc(-c2ccc(/C=C/CC(=O)O)cc2)cn1. The van der Waals surface area contributed by atoms with Crippen LogP contribution in [0.15, 0.2) is 48.7 Å². The lowest BCUT2D eigenvalue weighted by molar-refractivity contribution is -0.135. The molecule has 1 aromatic carbocycles. The first-order valence-electron chi connectivity index (χ1n) is 6.18. The van der Waals surface area contributed by atoms with E-state index in [4.69, 9.17) is 9.84 Å². The molecule has 0 unspecified atom stereocenters. The molecule has 0 fully saturated rings. The van der Waals surface area contributed by atoms with E-state index in [9.17, 15) is 4.79 Å². The van der Waals surface area contributed by atoms with Crippen molar-refractivity contribution in [1.29, 1.82) is 0 Å². The number of pyridine rings is 1. The molecule has 0 aliphatic heterocycles. The van der Waals surface area contributed by atoms with Gasteiger partial charge in [0.2, 0.25) is 5.88 Å². The highest BCUT2D eigenvalue weighted by atomic mass is 16.5. The average molecular weight is 269 g/mol. The minimum atomic E-state index is -0.831. The third-order valence-electron chi connectivity index (χ3n) is 2.79. The summed E-state index contributed by atoms with van der Waals surface area (Å²) in [5, 5.41) is 8.56. The maximum absolute atomic E-state index is 10.4. The summed E-state index contributed by atoms with van der Waals surface area (Å²) in [4.78, 5) is 14.6. The second-order valence-electron chi connectivity index (χ2n) is 4.21. The van der Waals surface area contributed by atoms with Crippen LogP contribution in [0.2, 0.25) is 0 Å². The van der Waals surface area contributed by atoms with E-state index in [0.29, 0.717) is 5.88 Å². The zero-order valence-electron chi connectivity index (χ0n) is 11.1. The number of aliphatic carboxylic acids is 1. The van der Waals surface area contributed by atoms with Gasteiger partial charge in [-0.3, -0.25) is 4.79 Å². The summed E-state index contributed by atoms with van der Waals surface area (Å²) in [5.41, 5.74) is 3.03. The number of carboxylic acids is 1. The number of hydrogen-bond acceptors (Lipinski definition) is 3. The molecule has 4 nitrogen and oxygen atoms in total. The normalized spacial score (nSPS) is 10.7. The molecular weight excluding hydrogens is 254 g/mol. The van der Waals surface area contributed by atoms with E-state index >= 15 is 0 Å². The Morgan fingerprint density at radius 3 is 2.45 bits per heavy atom. The van der Waals surface area contributed by atoms with Gasteiger partial charge in [-0.05, 0) is 17.2 Å². The standard InChI is InChI=1S/C16H15NO3/c1-20-15-10-9-14(11-17-15)13-7-5-12(6-8-13)3-2-4-16(18)19/h2-3,5-11H,4H2,1H3,(H,18,19)/b3-2+. The van der Waals surface area contributed by atoms with Crippen molar-refractivity contribution in [3.63, 3.8) is 0 Å². The molecule has 0 spiro atoms. The fraction of sp³-hybridized carbons (Fsp3) is 0.125. The van der Waals surface area contributed by atoms with Crippen molar-refractivity contribution in [3.05, 3.63) is 54.2 Å². The van der Waals surface area contributed by atoms with Crippen LogP contribution in [0.4, 0.5) is 0 Å². The monoisotopic (exact) mass is 269 g/mol. The number of nitrogens with zero attached hydrogens (tertiary/aromatic N) is 1. The molecule has 0 saturated carbocycles. The van der Waals surface area contributed by atoms with Crippen LogP contribution in [0.3, 0.4) is 0 Å². The summed E-state index contributed by atoms with van der Waals surface area (Å²) in [5.74, 6) is -0.246. The van der Waals surface area contributed by atoms with Gasteiger partial charge in [0, 0.05) is 17.8 Å². The fourth-order valence-corrected chi connectivity index (χ4v) is 1.75. The Bertz CT molecular complexity index is 601. The predicted molar refractivity (Wildman–Crippen MR) is 77.5 cm³/mol. The third kappa shape index (κ3) is 3.68. The van der Waals surface area contributed by atoms with Gasteiger partial charge < -0.3 is 9.84 Å². The molecule has 2 rings (SSSR count). The number of rotatable bonds is 5. The molecule has 1 aromatic heterocycles. The molecular formula is C16H15NO3. The summed E-state index contributed by atoms with van der Waals surface area (Å²) in [6, 6.07) is 11.6. The molecule has 0 bridgehead atoms. The molecule has 0 aliphatic carbocycles. The Kier molecular flexibility index (Phi) is 4.50. The van der Waals surface area contributed by atoms with Crippen LogP contribution in [0, 0.1) is 0 Å². The van der Waals surface area contributed by atoms with E-state index in [1.165, 1.54) is 0 Å². The summed E-state index contributed by atoms with van der Waals surface area (Å²) in [6.45, 7) is 0. The number of aromatic nitrogens is 1. The quantitative estimate of drug-likeness (QED) is 0.905. The first-order chi connectivity index (χ1) is 9.69. The molecule has 0 atom stereocenters. The van der Waals surface area contributed by atoms with E-state index < -0.39 is 5.97 Å². The Morgan fingerprint density at radius 2 is 1.90 bits per heavy atom. The van der Waals surface area contributed by atoms with Gasteiger partial charge in [0.05, 0.1) is 13.5 Å². The highest BCUT2D eigenvalue weighted by Crippen LogP contribution is 2.21. The van der Waals surface area contributed by atoms with E-state index in [0.717, 1.165) is 16.7 Å². The maximum Gasteiger partial charge on any atom is 0.307 e. The number of carbonyl (C=O) groups is 1. The highest BCUT2D eigenvalue weighted by Gasteiger charge is 1.99. The summed E-state index contributed by atoms with van der Waals surface area (Å²) < 4.78 is 5.02. The number of hydrogen-bond donors (Lipinski definition) is 1. The Labute approximate surface area is 117 Å². The van der Waals surface area contributed by atoms with Crippen molar-refractivity contribution >= 4 is 12.0 Å². The van der Waals surface area contributed by atoms with Crippen LogP contribution >= 0.6 is 0 Å². The van der Waals surface area contributed by atoms with Crippen LogP contribution in [-0.4, -0.2) is 23.2 Å². The lowest BCUT2D eigenvalue weighted by Gasteiger charge is -2.03.